The molecule has 0 fully saturated rings. The Hall–Kier alpha value is -0.0400. The molecule has 0 saturated heterocycles. The molecule has 0 aliphatic rings. The smallest absolute Gasteiger partial charge is 0.0836 e. The fourth-order valence-electron chi connectivity index (χ4n) is 3.20. The minimum atomic E-state index is 0.937. The molecule has 145 valence electrons. The summed E-state index contributed by atoms with van der Waals surface area (Å²) in [5.41, 5.74) is 0. The molecule has 0 spiro atoms. The normalized spacial score (nSPS) is 11.2. The molecule has 0 bridgehead atoms. The van der Waals surface area contributed by atoms with Crippen LogP contribution in [-0.4, -0.2) is 6.61 Å². The first-order valence-electron chi connectivity index (χ1n) is 11.3. The molecule has 1 heteroatoms. The molecular formula is C23H47O. The summed E-state index contributed by atoms with van der Waals surface area (Å²) in [6.07, 6.45) is 26.3. The second kappa shape index (κ2) is 23.0. The summed E-state index contributed by atoms with van der Waals surface area (Å²) in [5.74, 6) is 0. The second-order valence-corrected chi connectivity index (χ2v) is 7.48. The molecule has 0 heterocycles. The van der Waals surface area contributed by atoms with Crippen LogP contribution in [0, 0.1) is 6.61 Å². The summed E-state index contributed by atoms with van der Waals surface area (Å²) < 4.78 is 5.64. The SMILES string of the molecule is CCCCCCCCCCCC[CH]OCCCCCCCCCC. The first-order chi connectivity index (χ1) is 11.9. The molecule has 0 aromatic rings. The van der Waals surface area contributed by atoms with Gasteiger partial charge in [-0.25, -0.2) is 0 Å². The van der Waals surface area contributed by atoms with E-state index in [0.29, 0.717) is 0 Å². The van der Waals surface area contributed by atoms with Gasteiger partial charge in [-0.05, 0) is 12.8 Å². The summed E-state index contributed by atoms with van der Waals surface area (Å²) in [4.78, 5) is 0. The Morgan fingerprint density at radius 1 is 0.458 bits per heavy atom. The molecule has 0 aromatic heterocycles. The lowest BCUT2D eigenvalue weighted by Crippen LogP contribution is -1.92. The van der Waals surface area contributed by atoms with Gasteiger partial charge in [0.05, 0.1) is 6.61 Å². The summed E-state index contributed by atoms with van der Waals surface area (Å²) in [5, 5.41) is 0. The fraction of sp³-hybridized carbons (Fsp3) is 0.957. The van der Waals surface area contributed by atoms with Gasteiger partial charge in [-0.2, -0.15) is 0 Å². The number of ether oxygens (including phenoxy) is 1. The van der Waals surface area contributed by atoms with Crippen molar-refractivity contribution in [2.75, 3.05) is 6.61 Å². The van der Waals surface area contributed by atoms with Crippen molar-refractivity contribution < 1.29 is 4.74 Å². The lowest BCUT2D eigenvalue weighted by Gasteiger charge is -2.04. The van der Waals surface area contributed by atoms with E-state index < -0.39 is 0 Å². The largest absolute Gasteiger partial charge is 0.376 e. The average Bonchev–Trinajstić information content (AvgIpc) is 2.60. The predicted octanol–water partition coefficient (Wildman–Crippen LogP) is 8.62. The van der Waals surface area contributed by atoms with Crippen LogP contribution in [0.4, 0.5) is 0 Å². The third-order valence-electron chi connectivity index (χ3n) is 4.91. The van der Waals surface area contributed by atoms with E-state index in [4.69, 9.17) is 4.74 Å². The van der Waals surface area contributed by atoms with Crippen LogP contribution in [0.25, 0.3) is 0 Å². The minimum Gasteiger partial charge on any atom is -0.376 e. The molecule has 1 radical (unpaired) electrons. The molecule has 1 nitrogen and oxygen atoms in total. The Morgan fingerprint density at radius 2 is 0.833 bits per heavy atom. The molecule has 0 saturated carbocycles. The molecule has 0 atom stereocenters. The van der Waals surface area contributed by atoms with Crippen LogP contribution in [0.2, 0.25) is 0 Å². The zero-order chi connectivity index (χ0) is 17.6. The zero-order valence-corrected chi connectivity index (χ0v) is 17.1. The van der Waals surface area contributed by atoms with Gasteiger partial charge in [-0.1, -0.05) is 123 Å². The van der Waals surface area contributed by atoms with E-state index in [-0.39, 0.29) is 0 Å². The fourth-order valence-corrected chi connectivity index (χ4v) is 3.20. The monoisotopic (exact) mass is 339 g/mol. The number of hydrogen-bond acceptors (Lipinski definition) is 1. The maximum atomic E-state index is 5.64. The third kappa shape index (κ3) is 22.0. The summed E-state index contributed by atoms with van der Waals surface area (Å²) in [6, 6.07) is 0. The van der Waals surface area contributed by atoms with Crippen molar-refractivity contribution in [2.45, 2.75) is 136 Å². The summed E-state index contributed by atoms with van der Waals surface area (Å²) in [6.45, 7) is 7.57. The maximum absolute atomic E-state index is 5.64. The number of rotatable bonds is 21. The Balaban J connectivity index is 2.93. The van der Waals surface area contributed by atoms with Gasteiger partial charge < -0.3 is 4.74 Å². The Kier molecular flexibility index (Phi) is 22.9. The Labute approximate surface area is 154 Å². The van der Waals surface area contributed by atoms with E-state index in [1.807, 2.05) is 0 Å². The van der Waals surface area contributed by atoms with Crippen molar-refractivity contribution in [1.29, 1.82) is 0 Å². The van der Waals surface area contributed by atoms with Gasteiger partial charge in [0.2, 0.25) is 0 Å². The van der Waals surface area contributed by atoms with Crippen molar-refractivity contribution in [1.82, 2.24) is 0 Å². The lowest BCUT2D eigenvalue weighted by molar-refractivity contribution is 0.183. The highest BCUT2D eigenvalue weighted by Gasteiger charge is 1.95. The van der Waals surface area contributed by atoms with E-state index in [1.54, 1.807) is 0 Å². The van der Waals surface area contributed by atoms with Gasteiger partial charge in [0.15, 0.2) is 0 Å². The van der Waals surface area contributed by atoms with Crippen LogP contribution in [-0.2, 0) is 4.74 Å². The van der Waals surface area contributed by atoms with Crippen molar-refractivity contribution in [3.63, 3.8) is 0 Å². The van der Waals surface area contributed by atoms with Crippen LogP contribution in [0.3, 0.4) is 0 Å². The van der Waals surface area contributed by atoms with Crippen LogP contribution in [0.5, 0.6) is 0 Å². The quantitative estimate of drug-likeness (QED) is 0.190. The molecule has 0 amide bonds. The van der Waals surface area contributed by atoms with Gasteiger partial charge in [0, 0.05) is 6.61 Å². The standard InChI is InChI=1S/C23H47O/c1-3-5-7-9-11-13-14-15-17-19-21-23-24-22-20-18-16-12-10-8-6-4-2/h23H,3-22H2,1-2H3. The van der Waals surface area contributed by atoms with Crippen molar-refractivity contribution in [2.24, 2.45) is 0 Å². The first kappa shape index (κ1) is 24.0. The van der Waals surface area contributed by atoms with Crippen molar-refractivity contribution in [3.05, 3.63) is 6.61 Å². The molecule has 0 aliphatic heterocycles. The Morgan fingerprint density at radius 3 is 1.29 bits per heavy atom. The van der Waals surface area contributed by atoms with Crippen LogP contribution < -0.4 is 0 Å². The van der Waals surface area contributed by atoms with E-state index >= 15 is 0 Å². The van der Waals surface area contributed by atoms with Crippen molar-refractivity contribution >= 4 is 0 Å². The lowest BCUT2D eigenvalue weighted by atomic mass is 10.1. The average molecular weight is 340 g/mol. The van der Waals surface area contributed by atoms with Crippen molar-refractivity contribution in [3.8, 4) is 0 Å². The van der Waals surface area contributed by atoms with E-state index in [0.717, 1.165) is 13.0 Å². The molecule has 0 aliphatic carbocycles. The van der Waals surface area contributed by atoms with Gasteiger partial charge in [0.25, 0.3) is 0 Å². The second-order valence-electron chi connectivity index (χ2n) is 7.48. The highest BCUT2D eigenvalue weighted by molar-refractivity contribution is 4.54. The first-order valence-corrected chi connectivity index (χ1v) is 11.3. The molecular weight excluding hydrogens is 292 g/mol. The topological polar surface area (TPSA) is 9.23 Å². The molecule has 0 aromatic carbocycles. The highest BCUT2D eigenvalue weighted by Crippen LogP contribution is 2.12. The number of unbranched alkanes of at least 4 members (excludes halogenated alkanes) is 17. The Bertz CT molecular complexity index is 180. The zero-order valence-electron chi connectivity index (χ0n) is 17.1. The molecule has 0 N–H and O–H groups in total. The van der Waals surface area contributed by atoms with Crippen LogP contribution in [0.1, 0.15) is 136 Å². The minimum absolute atomic E-state index is 0.937. The van der Waals surface area contributed by atoms with E-state index in [1.165, 1.54) is 116 Å². The molecule has 0 unspecified atom stereocenters. The van der Waals surface area contributed by atoms with Gasteiger partial charge in [0.1, 0.15) is 0 Å². The molecule has 24 heavy (non-hydrogen) atoms. The third-order valence-corrected chi connectivity index (χ3v) is 4.91. The van der Waals surface area contributed by atoms with Gasteiger partial charge in [-0.3, -0.25) is 0 Å². The van der Waals surface area contributed by atoms with Gasteiger partial charge >= 0.3 is 0 Å². The highest BCUT2D eigenvalue weighted by atomic mass is 16.5. The van der Waals surface area contributed by atoms with Crippen LogP contribution >= 0.6 is 0 Å². The van der Waals surface area contributed by atoms with Gasteiger partial charge in [-0.15, -0.1) is 0 Å². The molecule has 0 rings (SSSR count). The maximum Gasteiger partial charge on any atom is 0.0836 e. The van der Waals surface area contributed by atoms with E-state index in [9.17, 15) is 0 Å². The summed E-state index contributed by atoms with van der Waals surface area (Å²) >= 11 is 0. The van der Waals surface area contributed by atoms with Crippen LogP contribution in [0.15, 0.2) is 0 Å². The number of hydrogen-bond donors (Lipinski definition) is 0. The van der Waals surface area contributed by atoms with E-state index in [2.05, 4.69) is 20.5 Å². The summed E-state index contributed by atoms with van der Waals surface area (Å²) in [7, 11) is 0. The predicted molar refractivity (Wildman–Crippen MR) is 109 cm³/mol.